The number of aromatic nitrogens is 3. The molecule has 2 aromatic rings. The summed E-state index contributed by atoms with van der Waals surface area (Å²) in [5.74, 6) is 0.984. The molecule has 0 saturated carbocycles. The summed E-state index contributed by atoms with van der Waals surface area (Å²) in [6, 6.07) is 6.37. The van der Waals surface area contributed by atoms with Crippen molar-refractivity contribution in [3.05, 3.63) is 45.4 Å². The van der Waals surface area contributed by atoms with Crippen LogP contribution in [0.25, 0.3) is 0 Å². The molecule has 1 heterocycles. The van der Waals surface area contributed by atoms with E-state index < -0.39 is 0 Å². The highest BCUT2D eigenvalue weighted by Crippen LogP contribution is 2.28. The predicted molar refractivity (Wildman–Crippen MR) is 89.7 cm³/mol. The van der Waals surface area contributed by atoms with Crippen LogP contribution in [-0.4, -0.2) is 21.3 Å². The Morgan fingerprint density at radius 1 is 1.38 bits per heavy atom. The summed E-state index contributed by atoms with van der Waals surface area (Å²) in [6.45, 7) is 7.21. The number of benzene rings is 1. The second-order valence-electron chi connectivity index (χ2n) is 5.19. The predicted octanol–water partition coefficient (Wildman–Crippen LogP) is 4.17. The van der Waals surface area contributed by atoms with Crippen molar-refractivity contribution in [2.45, 2.75) is 39.3 Å². The molecule has 0 radical (unpaired) electrons. The molecule has 0 spiro atoms. The van der Waals surface area contributed by atoms with Crippen molar-refractivity contribution < 1.29 is 0 Å². The third kappa shape index (κ3) is 4.05. The number of likely N-dealkylation sites (N-methyl/N-ethyl adjacent to an activating group) is 1. The first-order valence-corrected chi connectivity index (χ1v) is 8.26. The Morgan fingerprint density at radius 2 is 2.14 bits per heavy atom. The number of nitrogens with one attached hydrogen (secondary N) is 1. The standard InChI is InChI=1S/C15H20BrClN4/c1-4-18-14(12-6-5-11(17)7-13(12)16)8-15-19-9-20-21(15)10(2)3/h5-7,9-10,14,18H,4,8H2,1-3H3. The van der Waals surface area contributed by atoms with Crippen LogP contribution >= 0.6 is 27.5 Å². The smallest absolute Gasteiger partial charge is 0.138 e. The summed E-state index contributed by atoms with van der Waals surface area (Å²) < 4.78 is 2.98. The fourth-order valence-corrected chi connectivity index (χ4v) is 3.32. The van der Waals surface area contributed by atoms with E-state index in [0.717, 1.165) is 28.3 Å². The van der Waals surface area contributed by atoms with Crippen LogP contribution in [0.15, 0.2) is 29.0 Å². The lowest BCUT2D eigenvalue weighted by molar-refractivity contribution is 0.468. The van der Waals surface area contributed by atoms with Crippen molar-refractivity contribution in [3.8, 4) is 0 Å². The van der Waals surface area contributed by atoms with E-state index in [4.69, 9.17) is 11.6 Å². The van der Waals surface area contributed by atoms with Crippen molar-refractivity contribution in [2.24, 2.45) is 0 Å². The van der Waals surface area contributed by atoms with Crippen molar-refractivity contribution in [3.63, 3.8) is 0 Å². The average molecular weight is 372 g/mol. The second-order valence-corrected chi connectivity index (χ2v) is 6.49. The van der Waals surface area contributed by atoms with Crippen LogP contribution in [0.4, 0.5) is 0 Å². The number of rotatable bonds is 6. The van der Waals surface area contributed by atoms with E-state index in [9.17, 15) is 0 Å². The van der Waals surface area contributed by atoms with Gasteiger partial charge in [0.25, 0.3) is 0 Å². The first kappa shape index (κ1) is 16.5. The van der Waals surface area contributed by atoms with E-state index in [1.54, 1.807) is 6.33 Å². The minimum absolute atomic E-state index is 0.170. The third-order valence-corrected chi connectivity index (χ3v) is 4.23. The summed E-state index contributed by atoms with van der Waals surface area (Å²) in [6.07, 6.45) is 2.40. The van der Waals surface area contributed by atoms with Crippen molar-refractivity contribution in [2.75, 3.05) is 6.54 Å². The van der Waals surface area contributed by atoms with Gasteiger partial charge in [0, 0.05) is 28.0 Å². The summed E-state index contributed by atoms with van der Waals surface area (Å²) >= 11 is 9.63. The molecule has 0 fully saturated rings. The summed E-state index contributed by atoms with van der Waals surface area (Å²) in [5, 5.41) is 8.54. The van der Waals surface area contributed by atoms with Crippen LogP contribution in [0.2, 0.25) is 5.02 Å². The zero-order valence-electron chi connectivity index (χ0n) is 12.5. The van der Waals surface area contributed by atoms with E-state index in [2.05, 4.69) is 58.2 Å². The van der Waals surface area contributed by atoms with Gasteiger partial charge in [-0.25, -0.2) is 9.67 Å². The first-order chi connectivity index (χ1) is 10.0. The molecular formula is C15H20BrClN4. The zero-order valence-corrected chi connectivity index (χ0v) is 14.8. The zero-order chi connectivity index (χ0) is 15.4. The Labute approximate surface area is 139 Å². The molecule has 0 amide bonds. The van der Waals surface area contributed by atoms with Gasteiger partial charge in [0.15, 0.2) is 0 Å². The van der Waals surface area contributed by atoms with Crippen LogP contribution in [0, 0.1) is 0 Å². The molecule has 0 bridgehead atoms. The van der Waals surface area contributed by atoms with Crippen LogP contribution < -0.4 is 5.32 Å². The van der Waals surface area contributed by atoms with Gasteiger partial charge in [0.05, 0.1) is 0 Å². The SMILES string of the molecule is CCNC(Cc1ncnn1C(C)C)c1ccc(Cl)cc1Br. The van der Waals surface area contributed by atoms with E-state index in [0.29, 0.717) is 6.04 Å². The van der Waals surface area contributed by atoms with Gasteiger partial charge in [-0.3, -0.25) is 0 Å². The topological polar surface area (TPSA) is 42.7 Å². The molecular weight excluding hydrogens is 352 g/mol. The highest BCUT2D eigenvalue weighted by molar-refractivity contribution is 9.10. The summed E-state index contributed by atoms with van der Waals surface area (Å²) in [7, 11) is 0. The number of halogens is 2. The maximum absolute atomic E-state index is 6.03. The average Bonchev–Trinajstić information content (AvgIpc) is 2.86. The number of nitrogens with zero attached hydrogens (tertiary/aromatic N) is 3. The lowest BCUT2D eigenvalue weighted by atomic mass is 10.0. The quantitative estimate of drug-likeness (QED) is 0.829. The Morgan fingerprint density at radius 3 is 2.76 bits per heavy atom. The second kappa shape index (κ2) is 7.38. The van der Waals surface area contributed by atoms with Gasteiger partial charge in [-0.05, 0) is 38.1 Å². The van der Waals surface area contributed by atoms with Gasteiger partial charge < -0.3 is 5.32 Å². The minimum Gasteiger partial charge on any atom is -0.310 e. The van der Waals surface area contributed by atoms with E-state index in [-0.39, 0.29) is 6.04 Å². The summed E-state index contributed by atoms with van der Waals surface area (Å²) in [4.78, 5) is 4.40. The molecule has 0 aliphatic carbocycles. The number of hydrogen-bond acceptors (Lipinski definition) is 3. The Bertz CT molecular complexity index is 597. The summed E-state index contributed by atoms with van der Waals surface area (Å²) in [5.41, 5.74) is 1.18. The highest BCUT2D eigenvalue weighted by atomic mass is 79.9. The van der Waals surface area contributed by atoms with Crippen LogP contribution in [0.1, 0.15) is 44.2 Å². The molecule has 0 saturated heterocycles. The van der Waals surface area contributed by atoms with Gasteiger partial charge in [0.2, 0.25) is 0 Å². The van der Waals surface area contributed by atoms with E-state index in [1.165, 1.54) is 5.56 Å². The molecule has 4 nitrogen and oxygen atoms in total. The molecule has 1 unspecified atom stereocenters. The van der Waals surface area contributed by atoms with Crippen LogP contribution in [0.3, 0.4) is 0 Å². The van der Waals surface area contributed by atoms with Gasteiger partial charge in [-0.15, -0.1) is 0 Å². The maximum Gasteiger partial charge on any atom is 0.138 e. The monoisotopic (exact) mass is 370 g/mol. The van der Waals surface area contributed by atoms with Crippen molar-refractivity contribution in [1.82, 2.24) is 20.1 Å². The van der Waals surface area contributed by atoms with Crippen LogP contribution in [-0.2, 0) is 6.42 Å². The lowest BCUT2D eigenvalue weighted by Crippen LogP contribution is -2.25. The lowest BCUT2D eigenvalue weighted by Gasteiger charge is -2.20. The van der Waals surface area contributed by atoms with Gasteiger partial charge in [-0.2, -0.15) is 5.10 Å². The van der Waals surface area contributed by atoms with Gasteiger partial charge in [-0.1, -0.05) is 40.5 Å². The normalized spacial score (nSPS) is 12.9. The van der Waals surface area contributed by atoms with Gasteiger partial charge in [0.1, 0.15) is 12.2 Å². The van der Waals surface area contributed by atoms with Crippen molar-refractivity contribution in [1.29, 1.82) is 0 Å². The highest BCUT2D eigenvalue weighted by Gasteiger charge is 2.18. The molecule has 1 aromatic carbocycles. The minimum atomic E-state index is 0.170. The molecule has 1 atom stereocenters. The molecule has 1 N–H and O–H groups in total. The maximum atomic E-state index is 6.03. The first-order valence-electron chi connectivity index (χ1n) is 7.09. The van der Waals surface area contributed by atoms with E-state index in [1.807, 2.05) is 16.8 Å². The number of hydrogen-bond donors (Lipinski definition) is 1. The van der Waals surface area contributed by atoms with Crippen molar-refractivity contribution >= 4 is 27.5 Å². The van der Waals surface area contributed by atoms with Gasteiger partial charge >= 0.3 is 0 Å². The third-order valence-electron chi connectivity index (χ3n) is 3.31. The molecule has 2 rings (SSSR count). The molecule has 6 heteroatoms. The molecule has 1 aromatic heterocycles. The molecule has 0 aliphatic heterocycles. The largest absolute Gasteiger partial charge is 0.310 e. The molecule has 0 aliphatic rings. The molecule has 21 heavy (non-hydrogen) atoms. The van der Waals surface area contributed by atoms with E-state index >= 15 is 0 Å². The Balaban J connectivity index is 2.28. The fraction of sp³-hybridized carbons (Fsp3) is 0.467. The Hall–Kier alpha value is -0.910. The van der Waals surface area contributed by atoms with Crippen LogP contribution in [0.5, 0.6) is 0 Å². The Kier molecular flexibility index (Phi) is 5.79. The fourth-order valence-electron chi connectivity index (χ4n) is 2.36. The molecule has 114 valence electrons.